The zero-order chi connectivity index (χ0) is 14.5. The second-order valence-electron chi connectivity index (χ2n) is 4.53. The number of ether oxygens (including phenoxy) is 1. The average Bonchev–Trinajstić information content (AvgIpc) is 2.87. The van der Waals surface area contributed by atoms with Gasteiger partial charge in [-0.2, -0.15) is 5.10 Å². The van der Waals surface area contributed by atoms with Crippen molar-refractivity contribution in [3.05, 3.63) is 47.5 Å². The van der Waals surface area contributed by atoms with Crippen LogP contribution in [0, 0.1) is 6.92 Å². The Morgan fingerprint density at radius 3 is 2.85 bits per heavy atom. The molecule has 2 aromatic rings. The Kier molecular flexibility index (Phi) is 4.50. The maximum atomic E-state index is 12.3. The lowest BCUT2D eigenvalue weighted by molar-refractivity contribution is -0.144. The summed E-state index contributed by atoms with van der Waals surface area (Å²) in [6, 6.07) is 7.83. The highest BCUT2D eigenvalue weighted by Gasteiger charge is 2.28. The lowest BCUT2D eigenvalue weighted by Crippen LogP contribution is -2.21. The Balaban J connectivity index is 2.47. The van der Waals surface area contributed by atoms with Gasteiger partial charge in [0.15, 0.2) is 0 Å². The Bertz CT molecular complexity index is 592. The van der Waals surface area contributed by atoms with Gasteiger partial charge in [0.2, 0.25) is 0 Å². The highest BCUT2D eigenvalue weighted by Crippen LogP contribution is 2.25. The number of nitrogens with zero attached hydrogens (tertiary/aromatic N) is 3. The first-order valence-corrected chi connectivity index (χ1v) is 6.78. The summed E-state index contributed by atoms with van der Waals surface area (Å²) in [5, 5.41) is 4.14. The SMILES string of the molecule is CCOC(=O)C(c1cccc(C)c1)c1ncnn1CC. The Morgan fingerprint density at radius 1 is 1.40 bits per heavy atom. The van der Waals surface area contributed by atoms with Gasteiger partial charge in [-0.15, -0.1) is 0 Å². The maximum Gasteiger partial charge on any atom is 0.321 e. The van der Waals surface area contributed by atoms with Crippen LogP contribution in [0.5, 0.6) is 0 Å². The van der Waals surface area contributed by atoms with Crippen LogP contribution in [-0.4, -0.2) is 27.3 Å². The van der Waals surface area contributed by atoms with Crippen LogP contribution in [0.1, 0.15) is 36.7 Å². The molecule has 0 aliphatic rings. The van der Waals surface area contributed by atoms with Crippen LogP contribution in [-0.2, 0) is 16.1 Å². The largest absolute Gasteiger partial charge is 0.465 e. The molecule has 0 radical (unpaired) electrons. The Morgan fingerprint density at radius 2 is 2.20 bits per heavy atom. The topological polar surface area (TPSA) is 57.0 Å². The number of benzene rings is 1. The first-order chi connectivity index (χ1) is 9.67. The normalized spacial score (nSPS) is 12.2. The van der Waals surface area contributed by atoms with Gasteiger partial charge in [0.05, 0.1) is 6.61 Å². The molecule has 0 bridgehead atoms. The van der Waals surface area contributed by atoms with Gasteiger partial charge in [-0.3, -0.25) is 4.79 Å². The van der Waals surface area contributed by atoms with Crippen LogP contribution in [0.3, 0.4) is 0 Å². The maximum absolute atomic E-state index is 12.3. The smallest absolute Gasteiger partial charge is 0.321 e. The van der Waals surface area contributed by atoms with Gasteiger partial charge in [-0.05, 0) is 26.3 Å². The molecule has 5 heteroatoms. The van der Waals surface area contributed by atoms with E-state index in [1.807, 2.05) is 38.1 Å². The van der Waals surface area contributed by atoms with E-state index < -0.39 is 5.92 Å². The predicted octanol–water partition coefficient (Wildman–Crippen LogP) is 2.30. The van der Waals surface area contributed by atoms with Crippen molar-refractivity contribution in [2.45, 2.75) is 33.2 Å². The molecule has 1 atom stereocenters. The molecule has 20 heavy (non-hydrogen) atoms. The summed E-state index contributed by atoms with van der Waals surface area (Å²) in [6.07, 6.45) is 1.47. The summed E-state index contributed by atoms with van der Waals surface area (Å²) in [5.41, 5.74) is 1.98. The summed E-state index contributed by atoms with van der Waals surface area (Å²) in [7, 11) is 0. The lowest BCUT2D eigenvalue weighted by atomic mass is 9.96. The Hall–Kier alpha value is -2.17. The molecule has 1 aromatic heterocycles. The third-order valence-electron chi connectivity index (χ3n) is 3.10. The van der Waals surface area contributed by atoms with Gasteiger partial charge in [0, 0.05) is 6.54 Å². The molecule has 0 fully saturated rings. The molecule has 5 nitrogen and oxygen atoms in total. The molecule has 2 rings (SSSR count). The van der Waals surface area contributed by atoms with Crippen LogP contribution in [0.2, 0.25) is 0 Å². The van der Waals surface area contributed by atoms with Crippen molar-refractivity contribution < 1.29 is 9.53 Å². The van der Waals surface area contributed by atoms with Crippen molar-refractivity contribution in [2.24, 2.45) is 0 Å². The van der Waals surface area contributed by atoms with E-state index in [2.05, 4.69) is 10.1 Å². The minimum Gasteiger partial charge on any atom is -0.465 e. The van der Waals surface area contributed by atoms with E-state index in [0.29, 0.717) is 19.0 Å². The summed E-state index contributed by atoms with van der Waals surface area (Å²) < 4.78 is 6.93. The highest BCUT2D eigenvalue weighted by atomic mass is 16.5. The molecule has 0 aliphatic carbocycles. The predicted molar refractivity (Wildman–Crippen MR) is 75.4 cm³/mol. The van der Waals surface area contributed by atoms with Crippen molar-refractivity contribution in [1.82, 2.24) is 14.8 Å². The molecular weight excluding hydrogens is 254 g/mol. The molecule has 1 heterocycles. The second kappa shape index (κ2) is 6.32. The van der Waals surface area contributed by atoms with Crippen LogP contribution >= 0.6 is 0 Å². The molecule has 0 N–H and O–H groups in total. The van der Waals surface area contributed by atoms with Crippen LogP contribution in [0.25, 0.3) is 0 Å². The number of rotatable bonds is 5. The quantitative estimate of drug-likeness (QED) is 0.784. The first kappa shape index (κ1) is 14.2. The van der Waals surface area contributed by atoms with Gasteiger partial charge < -0.3 is 4.74 Å². The molecule has 0 saturated heterocycles. The van der Waals surface area contributed by atoms with Crippen molar-refractivity contribution in [3.8, 4) is 0 Å². The highest BCUT2D eigenvalue weighted by molar-refractivity contribution is 5.81. The van der Waals surface area contributed by atoms with Gasteiger partial charge in [-0.1, -0.05) is 29.8 Å². The minimum absolute atomic E-state index is 0.291. The number of aryl methyl sites for hydroxylation is 2. The molecule has 1 unspecified atom stereocenters. The van der Waals surface area contributed by atoms with E-state index in [1.54, 1.807) is 11.6 Å². The molecule has 1 aromatic carbocycles. The lowest BCUT2D eigenvalue weighted by Gasteiger charge is -2.16. The van der Waals surface area contributed by atoms with Crippen molar-refractivity contribution >= 4 is 5.97 Å². The van der Waals surface area contributed by atoms with Crippen LogP contribution in [0.15, 0.2) is 30.6 Å². The van der Waals surface area contributed by atoms with E-state index in [-0.39, 0.29) is 5.97 Å². The number of aromatic nitrogens is 3. The van der Waals surface area contributed by atoms with Gasteiger partial charge in [0.1, 0.15) is 18.1 Å². The number of esters is 1. The third-order valence-corrected chi connectivity index (χ3v) is 3.10. The summed E-state index contributed by atoms with van der Waals surface area (Å²) >= 11 is 0. The number of carbonyl (C=O) groups excluding carboxylic acids is 1. The second-order valence-corrected chi connectivity index (χ2v) is 4.53. The van der Waals surface area contributed by atoms with E-state index in [9.17, 15) is 4.79 Å². The first-order valence-electron chi connectivity index (χ1n) is 6.78. The zero-order valence-electron chi connectivity index (χ0n) is 12.0. The monoisotopic (exact) mass is 273 g/mol. The molecule has 106 valence electrons. The Labute approximate surface area is 118 Å². The van der Waals surface area contributed by atoms with E-state index in [1.165, 1.54) is 6.33 Å². The molecule has 0 saturated carbocycles. The minimum atomic E-state index is -0.530. The molecule has 0 amide bonds. The van der Waals surface area contributed by atoms with Crippen molar-refractivity contribution in [2.75, 3.05) is 6.61 Å². The average molecular weight is 273 g/mol. The van der Waals surface area contributed by atoms with E-state index >= 15 is 0 Å². The standard InChI is InChI=1S/C15H19N3O2/c1-4-18-14(16-10-17-18)13(15(19)20-5-2)12-8-6-7-11(3)9-12/h6-10,13H,4-5H2,1-3H3. The fraction of sp³-hybridized carbons (Fsp3) is 0.400. The number of carbonyl (C=O) groups is 1. The molecular formula is C15H19N3O2. The fourth-order valence-corrected chi connectivity index (χ4v) is 2.21. The zero-order valence-corrected chi connectivity index (χ0v) is 12.0. The fourth-order valence-electron chi connectivity index (χ4n) is 2.21. The van der Waals surface area contributed by atoms with E-state index in [4.69, 9.17) is 4.74 Å². The summed E-state index contributed by atoms with van der Waals surface area (Å²) in [4.78, 5) is 16.6. The van der Waals surface area contributed by atoms with E-state index in [0.717, 1.165) is 11.1 Å². The molecule has 0 spiro atoms. The number of hydrogen-bond acceptors (Lipinski definition) is 4. The summed E-state index contributed by atoms with van der Waals surface area (Å²) in [6.45, 7) is 6.78. The van der Waals surface area contributed by atoms with Gasteiger partial charge in [-0.25, -0.2) is 9.67 Å². The third kappa shape index (κ3) is 2.87. The van der Waals surface area contributed by atoms with Crippen LogP contribution in [0.4, 0.5) is 0 Å². The number of hydrogen-bond donors (Lipinski definition) is 0. The van der Waals surface area contributed by atoms with Crippen molar-refractivity contribution in [3.63, 3.8) is 0 Å². The summed E-state index contributed by atoms with van der Waals surface area (Å²) in [5.74, 6) is -0.199. The van der Waals surface area contributed by atoms with Crippen molar-refractivity contribution in [1.29, 1.82) is 0 Å². The van der Waals surface area contributed by atoms with Gasteiger partial charge >= 0.3 is 5.97 Å². The van der Waals surface area contributed by atoms with Crippen LogP contribution < -0.4 is 0 Å². The molecule has 0 aliphatic heterocycles. The van der Waals surface area contributed by atoms with Gasteiger partial charge in [0.25, 0.3) is 0 Å².